The second kappa shape index (κ2) is 6.27. The Morgan fingerprint density at radius 1 is 1.31 bits per heavy atom. The van der Waals surface area contributed by atoms with E-state index in [0.717, 1.165) is 25.9 Å². The van der Waals surface area contributed by atoms with Crippen molar-refractivity contribution in [3.05, 3.63) is 0 Å². The molecule has 0 bridgehead atoms. The molecule has 1 fully saturated rings. The van der Waals surface area contributed by atoms with Crippen molar-refractivity contribution >= 4 is 11.8 Å². The Bertz CT molecular complexity index is 186. The van der Waals surface area contributed by atoms with Gasteiger partial charge >= 0.3 is 0 Å². The molecule has 0 amide bonds. The zero-order valence-electron chi connectivity index (χ0n) is 11.0. The molecule has 16 heavy (non-hydrogen) atoms. The summed E-state index contributed by atoms with van der Waals surface area (Å²) in [5.41, 5.74) is 0.101. The van der Waals surface area contributed by atoms with Crippen LogP contribution in [0.25, 0.3) is 0 Å². The van der Waals surface area contributed by atoms with Crippen LogP contribution < -0.4 is 5.32 Å². The fraction of sp³-hybridized carbons (Fsp3) is 1.00. The van der Waals surface area contributed by atoms with Gasteiger partial charge in [-0.25, -0.2) is 0 Å². The molecule has 1 saturated carbocycles. The van der Waals surface area contributed by atoms with Gasteiger partial charge in [0.25, 0.3) is 0 Å². The minimum atomic E-state index is 0.101. The first-order valence-corrected chi connectivity index (χ1v) is 7.75. The normalized spacial score (nSPS) is 19.5. The molecule has 0 aromatic rings. The number of aliphatic hydroxyl groups is 1. The van der Waals surface area contributed by atoms with E-state index >= 15 is 0 Å². The quantitative estimate of drug-likeness (QED) is 0.689. The summed E-state index contributed by atoms with van der Waals surface area (Å²) in [4.78, 5) is 0. The van der Waals surface area contributed by atoms with Crippen LogP contribution in [0.2, 0.25) is 0 Å². The summed E-state index contributed by atoms with van der Waals surface area (Å²) in [7, 11) is 0. The molecule has 1 aliphatic carbocycles. The summed E-state index contributed by atoms with van der Waals surface area (Å²) in [6.07, 6.45) is 8.42. The third kappa shape index (κ3) is 3.14. The number of thioether (sulfide) groups is 1. The largest absolute Gasteiger partial charge is 0.396 e. The lowest BCUT2D eigenvalue weighted by atomic mass is 9.81. The van der Waals surface area contributed by atoms with Crippen LogP contribution in [0.5, 0.6) is 0 Å². The minimum Gasteiger partial charge on any atom is -0.396 e. The van der Waals surface area contributed by atoms with E-state index in [9.17, 15) is 5.11 Å². The average molecular weight is 245 g/mol. The van der Waals surface area contributed by atoms with Gasteiger partial charge < -0.3 is 10.4 Å². The lowest BCUT2D eigenvalue weighted by Crippen LogP contribution is -2.47. The smallest absolute Gasteiger partial charge is 0.0499 e. The van der Waals surface area contributed by atoms with Gasteiger partial charge in [-0.2, -0.15) is 11.8 Å². The number of nitrogens with one attached hydrogen (secondary N) is 1. The molecule has 0 aromatic carbocycles. The number of aliphatic hydroxyl groups excluding tert-OH is 1. The molecule has 0 atom stereocenters. The molecule has 96 valence electrons. The molecular weight excluding hydrogens is 218 g/mol. The molecule has 0 unspecified atom stereocenters. The van der Waals surface area contributed by atoms with E-state index in [-0.39, 0.29) is 5.41 Å². The van der Waals surface area contributed by atoms with Gasteiger partial charge in [0, 0.05) is 29.9 Å². The van der Waals surface area contributed by atoms with Crippen LogP contribution in [0, 0.1) is 5.41 Å². The molecule has 0 heterocycles. The van der Waals surface area contributed by atoms with Crippen molar-refractivity contribution in [1.82, 2.24) is 5.32 Å². The predicted octanol–water partition coefficient (Wildman–Crippen LogP) is 2.66. The number of hydrogen-bond acceptors (Lipinski definition) is 3. The maximum atomic E-state index is 9.49. The number of rotatable bonds is 8. The van der Waals surface area contributed by atoms with E-state index < -0.39 is 0 Å². The van der Waals surface area contributed by atoms with Crippen molar-refractivity contribution in [1.29, 1.82) is 0 Å². The van der Waals surface area contributed by atoms with Crippen molar-refractivity contribution < 1.29 is 5.11 Å². The van der Waals surface area contributed by atoms with Crippen LogP contribution >= 0.6 is 11.8 Å². The van der Waals surface area contributed by atoms with Gasteiger partial charge in [0.1, 0.15) is 0 Å². The molecular formula is C13H27NOS. The zero-order valence-corrected chi connectivity index (χ0v) is 11.8. The Labute approximate surface area is 105 Å². The lowest BCUT2D eigenvalue weighted by molar-refractivity contribution is 0.111. The SMILES string of the molecule is CCC(CC)(CO)CNCC1(SC)CCC1. The van der Waals surface area contributed by atoms with Gasteiger partial charge in [-0.1, -0.05) is 20.3 Å². The molecule has 3 heteroatoms. The van der Waals surface area contributed by atoms with E-state index in [1.807, 2.05) is 11.8 Å². The Hall–Kier alpha value is 0.270. The van der Waals surface area contributed by atoms with Crippen LogP contribution in [-0.4, -0.2) is 35.8 Å². The first-order valence-electron chi connectivity index (χ1n) is 6.52. The van der Waals surface area contributed by atoms with E-state index in [0.29, 0.717) is 11.4 Å². The molecule has 1 rings (SSSR count). The first kappa shape index (κ1) is 14.3. The minimum absolute atomic E-state index is 0.101. The third-order valence-electron chi connectivity index (χ3n) is 4.48. The van der Waals surface area contributed by atoms with E-state index in [2.05, 4.69) is 25.4 Å². The Morgan fingerprint density at radius 2 is 1.94 bits per heavy atom. The van der Waals surface area contributed by atoms with Gasteiger partial charge in [0.2, 0.25) is 0 Å². The van der Waals surface area contributed by atoms with Gasteiger partial charge in [0.15, 0.2) is 0 Å². The highest BCUT2D eigenvalue weighted by Crippen LogP contribution is 2.42. The second-order valence-corrected chi connectivity index (χ2v) is 6.48. The summed E-state index contributed by atoms with van der Waals surface area (Å²) < 4.78 is 0.503. The molecule has 0 radical (unpaired) electrons. The fourth-order valence-electron chi connectivity index (χ4n) is 2.36. The Balaban J connectivity index is 2.32. The van der Waals surface area contributed by atoms with Gasteiger partial charge in [-0.3, -0.25) is 0 Å². The average Bonchev–Trinajstić information content (AvgIpc) is 2.29. The van der Waals surface area contributed by atoms with Gasteiger partial charge in [0.05, 0.1) is 0 Å². The maximum Gasteiger partial charge on any atom is 0.0499 e. The maximum absolute atomic E-state index is 9.49. The Morgan fingerprint density at radius 3 is 2.25 bits per heavy atom. The summed E-state index contributed by atoms with van der Waals surface area (Å²) in [5.74, 6) is 0. The molecule has 0 aromatic heterocycles. The predicted molar refractivity (Wildman–Crippen MR) is 73.1 cm³/mol. The van der Waals surface area contributed by atoms with Gasteiger partial charge in [-0.15, -0.1) is 0 Å². The Kier molecular flexibility index (Phi) is 5.62. The second-order valence-electron chi connectivity index (χ2n) is 5.21. The standard InChI is InChI=1S/C13H27NOS/c1-4-12(5-2,11-15)9-14-10-13(16-3)7-6-8-13/h14-15H,4-11H2,1-3H3. The topological polar surface area (TPSA) is 32.3 Å². The molecule has 2 nitrogen and oxygen atoms in total. The van der Waals surface area contributed by atoms with E-state index in [1.54, 1.807) is 0 Å². The molecule has 0 spiro atoms. The monoisotopic (exact) mass is 245 g/mol. The molecule has 0 aliphatic heterocycles. The highest BCUT2D eigenvalue weighted by Gasteiger charge is 2.36. The summed E-state index contributed by atoms with van der Waals surface area (Å²) in [6.45, 7) is 6.72. The summed E-state index contributed by atoms with van der Waals surface area (Å²) in [6, 6.07) is 0. The highest BCUT2D eigenvalue weighted by molar-refractivity contribution is 8.00. The zero-order chi connectivity index (χ0) is 12.1. The lowest BCUT2D eigenvalue weighted by Gasteiger charge is -2.41. The van der Waals surface area contributed by atoms with Crippen molar-refractivity contribution in [2.24, 2.45) is 5.41 Å². The van der Waals surface area contributed by atoms with E-state index in [1.165, 1.54) is 19.3 Å². The van der Waals surface area contributed by atoms with Crippen molar-refractivity contribution in [2.45, 2.75) is 50.7 Å². The van der Waals surface area contributed by atoms with Crippen molar-refractivity contribution in [3.63, 3.8) is 0 Å². The fourth-order valence-corrected chi connectivity index (χ4v) is 3.30. The van der Waals surface area contributed by atoms with Crippen LogP contribution in [0.15, 0.2) is 0 Å². The summed E-state index contributed by atoms with van der Waals surface area (Å²) >= 11 is 2.01. The van der Waals surface area contributed by atoms with Crippen molar-refractivity contribution in [2.75, 3.05) is 26.0 Å². The summed E-state index contributed by atoms with van der Waals surface area (Å²) in [5, 5.41) is 13.1. The third-order valence-corrected chi connectivity index (χ3v) is 5.90. The van der Waals surface area contributed by atoms with Crippen molar-refractivity contribution in [3.8, 4) is 0 Å². The van der Waals surface area contributed by atoms with Crippen LogP contribution in [0.4, 0.5) is 0 Å². The van der Waals surface area contributed by atoms with E-state index in [4.69, 9.17) is 0 Å². The van der Waals surface area contributed by atoms with Crippen LogP contribution in [0.1, 0.15) is 46.0 Å². The van der Waals surface area contributed by atoms with Crippen LogP contribution in [0.3, 0.4) is 0 Å². The van der Waals surface area contributed by atoms with Crippen LogP contribution in [-0.2, 0) is 0 Å². The highest BCUT2D eigenvalue weighted by atomic mass is 32.2. The molecule has 1 aliphatic rings. The van der Waals surface area contributed by atoms with Gasteiger partial charge in [-0.05, 0) is 31.9 Å². The first-order chi connectivity index (χ1) is 7.66. The molecule has 0 saturated heterocycles. The number of hydrogen-bond donors (Lipinski definition) is 2. The molecule has 2 N–H and O–H groups in total.